The number of amides is 2. The Morgan fingerprint density at radius 2 is 1.58 bits per heavy atom. The predicted octanol–water partition coefficient (Wildman–Crippen LogP) is 2.99. The normalized spacial score (nSPS) is 15.3. The van der Waals surface area contributed by atoms with Crippen molar-refractivity contribution in [3.8, 4) is 0 Å². The Labute approximate surface area is 145 Å². The third kappa shape index (κ3) is 4.37. The molecule has 1 heterocycles. The Kier molecular flexibility index (Phi) is 6.03. The molecule has 1 aromatic rings. The molecule has 4 nitrogen and oxygen atoms in total. The molecule has 1 aromatic carbocycles. The van der Waals surface area contributed by atoms with E-state index >= 15 is 0 Å². The molecule has 0 spiro atoms. The average molecular weight is 330 g/mol. The summed E-state index contributed by atoms with van der Waals surface area (Å²) in [5, 5.41) is 0. The SMILES string of the molecule is Cc1ccc(C(C)C)cc1CC(=O)N1CCN(C(=O)C(C)C)CC1. The van der Waals surface area contributed by atoms with Gasteiger partial charge in [0, 0.05) is 32.1 Å². The molecular weight excluding hydrogens is 300 g/mol. The first-order chi connectivity index (χ1) is 11.3. The Morgan fingerprint density at radius 1 is 1.00 bits per heavy atom. The maximum absolute atomic E-state index is 12.6. The molecule has 0 radical (unpaired) electrons. The Morgan fingerprint density at radius 3 is 2.12 bits per heavy atom. The van der Waals surface area contributed by atoms with Crippen LogP contribution >= 0.6 is 0 Å². The molecule has 2 rings (SSSR count). The summed E-state index contributed by atoms with van der Waals surface area (Å²) in [6.45, 7) is 12.8. The number of nitrogens with zero attached hydrogens (tertiary/aromatic N) is 2. The van der Waals surface area contributed by atoms with Crippen LogP contribution in [-0.4, -0.2) is 47.8 Å². The lowest BCUT2D eigenvalue weighted by Crippen LogP contribution is -2.51. The number of rotatable bonds is 4. The Bertz CT molecular complexity index is 600. The minimum atomic E-state index is 0.0219. The van der Waals surface area contributed by atoms with E-state index in [9.17, 15) is 9.59 Å². The van der Waals surface area contributed by atoms with Crippen molar-refractivity contribution in [2.24, 2.45) is 5.92 Å². The third-order valence-electron chi connectivity index (χ3n) is 4.82. The molecule has 132 valence electrons. The molecule has 1 fully saturated rings. The molecule has 4 heteroatoms. The largest absolute Gasteiger partial charge is 0.339 e. The summed E-state index contributed by atoms with van der Waals surface area (Å²) in [6.07, 6.45) is 0.449. The lowest BCUT2D eigenvalue weighted by molar-refractivity contribution is -0.141. The van der Waals surface area contributed by atoms with Crippen molar-refractivity contribution in [2.45, 2.75) is 47.0 Å². The van der Waals surface area contributed by atoms with Crippen molar-refractivity contribution in [2.75, 3.05) is 26.2 Å². The molecule has 1 aliphatic heterocycles. The van der Waals surface area contributed by atoms with Crippen molar-refractivity contribution in [3.05, 3.63) is 34.9 Å². The molecule has 0 unspecified atom stereocenters. The van der Waals surface area contributed by atoms with E-state index < -0.39 is 0 Å². The van der Waals surface area contributed by atoms with Crippen molar-refractivity contribution in [1.82, 2.24) is 9.80 Å². The molecule has 0 N–H and O–H groups in total. The number of piperazine rings is 1. The first-order valence-corrected chi connectivity index (χ1v) is 8.95. The van der Waals surface area contributed by atoms with Gasteiger partial charge in [-0.05, 0) is 29.5 Å². The summed E-state index contributed by atoms with van der Waals surface area (Å²) in [5.74, 6) is 0.831. The molecule has 0 aliphatic carbocycles. The van der Waals surface area contributed by atoms with E-state index in [2.05, 4.69) is 39.0 Å². The van der Waals surface area contributed by atoms with Gasteiger partial charge in [0.15, 0.2) is 0 Å². The van der Waals surface area contributed by atoms with E-state index in [1.165, 1.54) is 11.1 Å². The lowest BCUT2D eigenvalue weighted by Gasteiger charge is -2.35. The fraction of sp³-hybridized carbons (Fsp3) is 0.600. The lowest BCUT2D eigenvalue weighted by atomic mass is 9.96. The number of carbonyl (C=O) groups excluding carboxylic acids is 2. The Hall–Kier alpha value is -1.84. The topological polar surface area (TPSA) is 40.6 Å². The zero-order valence-electron chi connectivity index (χ0n) is 15.6. The minimum Gasteiger partial charge on any atom is -0.339 e. The quantitative estimate of drug-likeness (QED) is 0.851. The van der Waals surface area contributed by atoms with Gasteiger partial charge in [0.1, 0.15) is 0 Å². The molecule has 0 bridgehead atoms. The van der Waals surface area contributed by atoms with Crippen LogP contribution in [-0.2, 0) is 16.0 Å². The van der Waals surface area contributed by atoms with Crippen molar-refractivity contribution < 1.29 is 9.59 Å². The smallest absolute Gasteiger partial charge is 0.227 e. The molecule has 2 amide bonds. The van der Waals surface area contributed by atoms with Crippen molar-refractivity contribution in [1.29, 1.82) is 0 Å². The molecule has 1 aliphatic rings. The molecular formula is C20H30N2O2. The van der Waals surface area contributed by atoms with Gasteiger partial charge >= 0.3 is 0 Å². The fourth-order valence-corrected chi connectivity index (χ4v) is 3.06. The summed E-state index contributed by atoms with van der Waals surface area (Å²) >= 11 is 0. The van der Waals surface area contributed by atoms with Gasteiger partial charge < -0.3 is 9.80 Å². The van der Waals surface area contributed by atoms with Crippen LogP contribution in [0.3, 0.4) is 0 Å². The van der Waals surface area contributed by atoms with Crippen LogP contribution in [0.5, 0.6) is 0 Å². The van der Waals surface area contributed by atoms with E-state index in [0.717, 1.165) is 5.56 Å². The summed E-state index contributed by atoms with van der Waals surface area (Å²) in [5.41, 5.74) is 3.56. The van der Waals surface area contributed by atoms with Gasteiger partial charge in [-0.15, -0.1) is 0 Å². The summed E-state index contributed by atoms with van der Waals surface area (Å²) < 4.78 is 0. The van der Waals surface area contributed by atoms with Gasteiger partial charge in [-0.1, -0.05) is 45.9 Å². The van der Waals surface area contributed by atoms with E-state index in [-0.39, 0.29) is 17.7 Å². The maximum Gasteiger partial charge on any atom is 0.227 e. The van der Waals surface area contributed by atoms with Crippen LogP contribution in [0.1, 0.15) is 50.3 Å². The van der Waals surface area contributed by atoms with Gasteiger partial charge in [-0.25, -0.2) is 0 Å². The second-order valence-electron chi connectivity index (χ2n) is 7.38. The van der Waals surface area contributed by atoms with Crippen LogP contribution in [0, 0.1) is 12.8 Å². The molecule has 0 aromatic heterocycles. The fourth-order valence-electron chi connectivity index (χ4n) is 3.06. The van der Waals surface area contributed by atoms with Crippen LogP contribution in [0.4, 0.5) is 0 Å². The molecule has 0 saturated carbocycles. The predicted molar refractivity (Wildman–Crippen MR) is 97.0 cm³/mol. The van der Waals surface area contributed by atoms with Crippen molar-refractivity contribution >= 4 is 11.8 Å². The van der Waals surface area contributed by atoms with Gasteiger partial charge in [-0.3, -0.25) is 9.59 Å². The van der Waals surface area contributed by atoms with E-state index in [1.807, 2.05) is 23.6 Å². The zero-order valence-corrected chi connectivity index (χ0v) is 15.6. The highest BCUT2D eigenvalue weighted by Crippen LogP contribution is 2.20. The number of carbonyl (C=O) groups is 2. The van der Waals surface area contributed by atoms with E-state index in [4.69, 9.17) is 0 Å². The summed E-state index contributed by atoms with van der Waals surface area (Å²) in [7, 11) is 0. The highest BCUT2D eigenvalue weighted by molar-refractivity contribution is 5.81. The van der Waals surface area contributed by atoms with Crippen LogP contribution < -0.4 is 0 Å². The van der Waals surface area contributed by atoms with Crippen LogP contribution in [0.25, 0.3) is 0 Å². The van der Waals surface area contributed by atoms with Gasteiger partial charge in [-0.2, -0.15) is 0 Å². The second-order valence-corrected chi connectivity index (χ2v) is 7.38. The van der Waals surface area contributed by atoms with Gasteiger partial charge in [0.25, 0.3) is 0 Å². The zero-order chi connectivity index (χ0) is 17.9. The first kappa shape index (κ1) is 18.5. The summed E-state index contributed by atoms with van der Waals surface area (Å²) in [4.78, 5) is 28.4. The van der Waals surface area contributed by atoms with Gasteiger partial charge in [0.05, 0.1) is 6.42 Å². The average Bonchev–Trinajstić information content (AvgIpc) is 2.55. The highest BCUT2D eigenvalue weighted by Gasteiger charge is 2.25. The van der Waals surface area contributed by atoms with Crippen LogP contribution in [0.15, 0.2) is 18.2 Å². The van der Waals surface area contributed by atoms with E-state index in [1.54, 1.807) is 0 Å². The number of aryl methyl sites for hydroxylation is 1. The molecule has 24 heavy (non-hydrogen) atoms. The number of hydrogen-bond acceptors (Lipinski definition) is 2. The standard InChI is InChI=1S/C20H30N2O2/c1-14(2)17-7-6-16(5)18(12-17)13-19(23)21-8-10-22(11-9-21)20(24)15(3)4/h6-7,12,14-15H,8-11,13H2,1-5H3. The van der Waals surface area contributed by atoms with E-state index in [0.29, 0.717) is 38.5 Å². The molecule has 0 atom stereocenters. The van der Waals surface area contributed by atoms with Gasteiger partial charge in [0.2, 0.25) is 11.8 Å². The number of hydrogen-bond donors (Lipinski definition) is 0. The highest BCUT2D eigenvalue weighted by atomic mass is 16.2. The molecule has 1 saturated heterocycles. The monoisotopic (exact) mass is 330 g/mol. The van der Waals surface area contributed by atoms with Crippen LogP contribution in [0.2, 0.25) is 0 Å². The first-order valence-electron chi connectivity index (χ1n) is 8.95. The minimum absolute atomic E-state index is 0.0219. The second kappa shape index (κ2) is 7.82. The maximum atomic E-state index is 12.6. The van der Waals surface area contributed by atoms with Crippen molar-refractivity contribution in [3.63, 3.8) is 0 Å². The Balaban J connectivity index is 1.97. The third-order valence-corrected chi connectivity index (χ3v) is 4.82. The number of benzene rings is 1. The summed E-state index contributed by atoms with van der Waals surface area (Å²) in [6, 6.07) is 6.41.